The van der Waals surface area contributed by atoms with E-state index in [-0.39, 0.29) is 17.6 Å². The molecule has 178 valence electrons. The molecule has 34 heavy (non-hydrogen) atoms. The summed E-state index contributed by atoms with van der Waals surface area (Å²) in [6.07, 6.45) is 1.89. The fourth-order valence-corrected chi connectivity index (χ4v) is 4.94. The molecule has 5 rings (SSSR count). The molecule has 1 atom stereocenters. The lowest BCUT2D eigenvalue weighted by molar-refractivity contribution is -0.137. The van der Waals surface area contributed by atoms with E-state index in [1.54, 1.807) is 12.1 Å². The van der Waals surface area contributed by atoms with E-state index in [4.69, 9.17) is 4.52 Å². The van der Waals surface area contributed by atoms with Gasteiger partial charge in [-0.1, -0.05) is 29.4 Å². The van der Waals surface area contributed by atoms with Crippen LogP contribution >= 0.6 is 0 Å². The SMILES string of the molecule is Cc1ccccc1-c1noc(CN2CCCC(C(=O)N3CCN(c4ccc(F)cc4)CC3)C2)n1. The van der Waals surface area contributed by atoms with Gasteiger partial charge < -0.3 is 14.3 Å². The van der Waals surface area contributed by atoms with Gasteiger partial charge in [-0.3, -0.25) is 9.69 Å². The number of carbonyl (C=O) groups is 1. The number of likely N-dealkylation sites (tertiary alicyclic amines) is 1. The first-order valence-electron chi connectivity index (χ1n) is 12.0. The summed E-state index contributed by atoms with van der Waals surface area (Å²) < 4.78 is 18.7. The van der Waals surface area contributed by atoms with Crippen molar-refractivity contribution in [2.45, 2.75) is 26.3 Å². The van der Waals surface area contributed by atoms with Crippen LogP contribution in [0.2, 0.25) is 0 Å². The summed E-state index contributed by atoms with van der Waals surface area (Å²) >= 11 is 0. The third-order valence-corrected chi connectivity index (χ3v) is 6.85. The standard InChI is InChI=1S/C26H30FN5O2/c1-19-5-2-3-7-23(19)25-28-24(34-29-25)18-30-12-4-6-20(17-30)26(33)32-15-13-31(14-16-32)22-10-8-21(27)9-11-22/h2-3,5,7-11,20H,4,6,12-18H2,1H3. The lowest BCUT2D eigenvalue weighted by Gasteiger charge is -2.39. The van der Waals surface area contributed by atoms with E-state index in [1.165, 1.54) is 12.1 Å². The molecule has 2 fully saturated rings. The van der Waals surface area contributed by atoms with Crippen molar-refractivity contribution >= 4 is 11.6 Å². The number of aryl methyl sites for hydroxylation is 1. The summed E-state index contributed by atoms with van der Waals surface area (Å²) in [5, 5.41) is 4.16. The summed E-state index contributed by atoms with van der Waals surface area (Å²) in [6, 6.07) is 14.6. The van der Waals surface area contributed by atoms with Crippen molar-refractivity contribution in [3.8, 4) is 11.4 Å². The minimum atomic E-state index is -0.230. The highest BCUT2D eigenvalue weighted by molar-refractivity contribution is 5.79. The van der Waals surface area contributed by atoms with Gasteiger partial charge in [0.1, 0.15) is 5.82 Å². The number of nitrogens with zero attached hydrogens (tertiary/aromatic N) is 5. The molecule has 1 unspecified atom stereocenters. The zero-order valence-electron chi connectivity index (χ0n) is 19.5. The number of amides is 1. The summed E-state index contributed by atoms with van der Waals surface area (Å²) in [5.41, 5.74) is 3.09. The molecular weight excluding hydrogens is 433 g/mol. The van der Waals surface area contributed by atoms with E-state index in [0.29, 0.717) is 37.9 Å². The second kappa shape index (κ2) is 9.93. The molecule has 2 aliphatic rings. The summed E-state index contributed by atoms with van der Waals surface area (Å²) in [4.78, 5) is 24.3. The monoisotopic (exact) mass is 463 g/mol. The van der Waals surface area contributed by atoms with Crippen LogP contribution in [-0.4, -0.2) is 65.1 Å². The molecule has 0 saturated carbocycles. The zero-order chi connectivity index (χ0) is 23.5. The van der Waals surface area contributed by atoms with E-state index in [0.717, 1.165) is 49.3 Å². The van der Waals surface area contributed by atoms with Gasteiger partial charge in [0.15, 0.2) is 0 Å². The van der Waals surface area contributed by atoms with Crippen LogP contribution in [0.3, 0.4) is 0 Å². The first-order valence-corrected chi connectivity index (χ1v) is 12.0. The number of piperidine rings is 1. The fraction of sp³-hybridized carbons (Fsp3) is 0.423. The topological polar surface area (TPSA) is 65.7 Å². The molecule has 1 amide bonds. The molecule has 3 heterocycles. The van der Waals surface area contributed by atoms with Gasteiger partial charge in [0.05, 0.1) is 12.5 Å². The second-order valence-corrected chi connectivity index (χ2v) is 9.19. The van der Waals surface area contributed by atoms with Crippen molar-refractivity contribution in [1.29, 1.82) is 0 Å². The van der Waals surface area contributed by atoms with Gasteiger partial charge in [-0.25, -0.2) is 4.39 Å². The molecule has 0 spiro atoms. The second-order valence-electron chi connectivity index (χ2n) is 9.19. The minimum Gasteiger partial charge on any atom is -0.368 e. The molecule has 2 saturated heterocycles. The number of piperazine rings is 1. The Morgan fingerprint density at radius 3 is 2.59 bits per heavy atom. The third-order valence-electron chi connectivity index (χ3n) is 6.85. The number of halogens is 1. The van der Waals surface area contributed by atoms with Gasteiger partial charge in [0, 0.05) is 44.0 Å². The number of benzene rings is 2. The van der Waals surface area contributed by atoms with Gasteiger partial charge in [-0.15, -0.1) is 0 Å². The predicted octanol–water partition coefficient (Wildman–Crippen LogP) is 3.74. The van der Waals surface area contributed by atoms with E-state index < -0.39 is 0 Å². The normalized spacial score (nSPS) is 19.4. The van der Waals surface area contributed by atoms with Gasteiger partial charge in [-0.2, -0.15) is 4.98 Å². The van der Waals surface area contributed by atoms with Crippen molar-refractivity contribution < 1.29 is 13.7 Å². The highest BCUT2D eigenvalue weighted by atomic mass is 19.1. The first-order chi connectivity index (χ1) is 16.6. The van der Waals surface area contributed by atoms with Gasteiger partial charge >= 0.3 is 0 Å². The minimum absolute atomic E-state index is 0.00937. The molecule has 1 aromatic heterocycles. The molecule has 2 aromatic carbocycles. The zero-order valence-corrected chi connectivity index (χ0v) is 19.5. The molecule has 8 heteroatoms. The Balaban J connectivity index is 1.15. The largest absolute Gasteiger partial charge is 0.368 e. The quantitative estimate of drug-likeness (QED) is 0.574. The molecule has 0 radical (unpaired) electrons. The van der Waals surface area contributed by atoms with E-state index in [1.807, 2.05) is 36.1 Å². The average Bonchev–Trinajstić information content (AvgIpc) is 3.33. The van der Waals surface area contributed by atoms with Crippen LogP contribution < -0.4 is 4.90 Å². The average molecular weight is 464 g/mol. The van der Waals surface area contributed by atoms with Crippen LogP contribution in [0.5, 0.6) is 0 Å². The van der Waals surface area contributed by atoms with Crippen molar-refractivity contribution in [3.05, 3.63) is 65.8 Å². The van der Waals surface area contributed by atoms with Crippen LogP contribution in [0, 0.1) is 18.7 Å². The van der Waals surface area contributed by atoms with E-state index in [9.17, 15) is 9.18 Å². The van der Waals surface area contributed by atoms with Gasteiger partial charge in [0.2, 0.25) is 17.6 Å². The molecule has 0 bridgehead atoms. The maximum absolute atomic E-state index is 13.2. The maximum atomic E-state index is 13.2. The number of hydrogen-bond acceptors (Lipinski definition) is 6. The van der Waals surface area contributed by atoms with Crippen LogP contribution in [0.25, 0.3) is 11.4 Å². The van der Waals surface area contributed by atoms with Crippen LogP contribution in [0.1, 0.15) is 24.3 Å². The van der Waals surface area contributed by atoms with Crippen LogP contribution in [-0.2, 0) is 11.3 Å². The highest BCUT2D eigenvalue weighted by Crippen LogP contribution is 2.24. The number of rotatable bonds is 5. The van der Waals surface area contributed by atoms with Gasteiger partial charge in [0.25, 0.3) is 0 Å². The van der Waals surface area contributed by atoms with Crippen molar-refractivity contribution in [2.24, 2.45) is 5.92 Å². The summed E-state index contributed by atoms with van der Waals surface area (Å²) in [5.74, 6) is 1.18. The molecule has 7 nitrogen and oxygen atoms in total. The highest BCUT2D eigenvalue weighted by Gasteiger charge is 2.31. The number of aromatic nitrogens is 2. The Bertz CT molecular complexity index is 1120. The Morgan fingerprint density at radius 1 is 1.06 bits per heavy atom. The molecule has 0 N–H and O–H groups in total. The number of carbonyl (C=O) groups excluding carboxylic acids is 1. The van der Waals surface area contributed by atoms with E-state index in [2.05, 4.69) is 19.9 Å². The van der Waals surface area contributed by atoms with Crippen molar-refractivity contribution in [2.75, 3.05) is 44.2 Å². The Kier molecular flexibility index (Phi) is 6.58. The number of hydrogen-bond donors (Lipinski definition) is 0. The first kappa shape index (κ1) is 22.5. The predicted molar refractivity (Wildman–Crippen MR) is 128 cm³/mol. The lowest BCUT2D eigenvalue weighted by Crippen LogP contribution is -2.52. The Labute approximate surface area is 199 Å². The number of anilines is 1. The summed E-state index contributed by atoms with van der Waals surface area (Å²) in [6.45, 7) is 7.12. The molecule has 0 aliphatic carbocycles. The molecular formula is C26H30FN5O2. The van der Waals surface area contributed by atoms with Crippen molar-refractivity contribution in [3.63, 3.8) is 0 Å². The van der Waals surface area contributed by atoms with Crippen LogP contribution in [0.4, 0.5) is 10.1 Å². The van der Waals surface area contributed by atoms with E-state index >= 15 is 0 Å². The van der Waals surface area contributed by atoms with Crippen molar-refractivity contribution in [1.82, 2.24) is 19.9 Å². The fourth-order valence-electron chi connectivity index (χ4n) is 4.94. The summed E-state index contributed by atoms with van der Waals surface area (Å²) in [7, 11) is 0. The smallest absolute Gasteiger partial charge is 0.241 e. The molecule has 3 aromatic rings. The Morgan fingerprint density at radius 2 is 1.82 bits per heavy atom. The molecule has 2 aliphatic heterocycles. The third kappa shape index (κ3) is 4.97. The maximum Gasteiger partial charge on any atom is 0.241 e. The lowest BCUT2D eigenvalue weighted by atomic mass is 9.96. The Hall–Kier alpha value is -3.26. The van der Waals surface area contributed by atoms with Crippen LogP contribution in [0.15, 0.2) is 53.1 Å². The van der Waals surface area contributed by atoms with Gasteiger partial charge in [-0.05, 0) is 56.1 Å².